The molecule has 1 heterocycles. The summed E-state index contributed by atoms with van der Waals surface area (Å²) in [5, 5.41) is 3.43. The molecule has 5 nitrogen and oxygen atoms in total. The lowest BCUT2D eigenvalue weighted by atomic mass is 9.99. The van der Waals surface area contributed by atoms with Gasteiger partial charge in [-0.1, -0.05) is 29.8 Å². The van der Waals surface area contributed by atoms with Gasteiger partial charge >= 0.3 is 0 Å². The average molecular weight is 439 g/mol. The average Bonchev–Trinajstić information content (AvgIpc) is 2.68. The van der Waals surface area contributed by atoms with Crippen LogP contribution in [0.4, 0.5) is 5.69 Å². The van der Waals surface area contributed by atoms with Gasteiger partial charge in [0.1, 0.15) is 0 Å². The lowest BCUT2D eigenvalue weighted by Crippen LogP contribution is -2.44. The molecule has 0 radical (unpaired) electrons. The van der Waals surface area contributed by atoms with Gasteiger partial charge in [-0.15, -0.1) is 11.8 Å². The Morgan fingerprint density at radius 2 is 2.04 bits per heavy atom. The Hall–Kier alpha value is -1.54. The summed E-state index contributed by atoms with van der Waals surface area (Å²) in [6, 6.07) is 14.5. The molecule has 2 aromatic carbocycles. The molecule has 1 saturated heterocycles. The van der Waals surface area contributed by atoms with Crippen molar-refractivity contribution in [3.05, 3.63) is 59.1 Å². The van der Waals surface area contributed by atoms with E-state index in [-0.39, 0.29) is 24.1 Å². The molecule has 0 bridgehead atoms. The zero-order valence-electron chi connectivity index (χ0n) is 15.6. The molecule has 1 N–H and O–H groups in total. The first-order valence-corrected chi connectivity index (χ1v) is 12.3. The van der Waals surface area contributed by atoms with Gasteiger partial charge in [0.2, 0.25) is 15.9 Å². The Morgan fingerprint density at radius 3 is 2.79 bits per heavy atom. The molecule has 8 heteroatoms. The summed E-state index contributed by atoms with van der Waals surface area (Å²) in [4.78, 5) is 13.7. The van der Waals surface area contributed by atoms with Crippen LogP contribution in [0.2, 0.25) is 5.02 Å². The second kappa shape index (κ2) is 9.31. The molecule has 1 aliphatic heterocycles. The van der Waals surface area contributed by atoms with Gasteiger partial charge in [0.15, 0.2) is 0 Å². The van der Waals surface area contributed by atoms with Gasteiger partial charge in [-0.3, -0.25) is 4.79 Å². The zero-order valence-corrected chi connectivity index (χ0v) is 18.0. The molecular weight excluding hydrogens is 416 g/mol. The predicted molar refractivity (Wildman–Crippen MR) is 115 cm³/mol. The van der Waals surface area contributed by atoms with Crippen LogP contribution in [0.25, 0.3) is 0 Å². The van der Waals surface area contributed by atoms with E-state index in [0.29, 0.717) is 30.0 Å². The number of anilines is 1. The van der Waals surface area contributed by atoms with E-state index in [4.69, 9.17) is 11.6 Å². The maximum absolute atomic E-state index is 12.8. The van der Waals surface area contributed by atoms with E-state index in [1.807, 2.05) is 30.5 Å². The molecule has 1 fully saturated rings. The molecule has 0 unspecified atom stereocenters. The molecular formula is C20H23ClN2O3S2. The van der Waals surface area contributed by atoms with E-state index in [1.54, 1.807) is 36.0 Å². The van der Waals surface area contributed by atoms with Crippen LogP contribution < -0.4 is 5.32 Å². The second-order valence-corrected chi connectivity index (χ2v) is 10.1. The molecule has 1 amide bonds. The number of sulfonamides is 1. The number of halogens is 1. The number of benzene rings is 2. The van der Waals surface area contributed by atoms with Gasteiger partial charge in [0.25, 0.3) is 0 Å². The van der Waals surface area contributed by atoms with E-state index in [1.165, 1.54) is 4.31 Å². The van der Waals surface area contributed by atoms with Crippen LogP contribution in [-0.2, 0) is 20.6 Å². The quantitative estimate of drug-likeness (QED) is 0.685. The minimum atomic E-state index is -3.51. The second-order valence-electron chi connectivity index (χ2n) is 6.80. The topological polar surface area (TPSA) is 66.5 Å². The number of nitrogens with zero attached hydrogens (tertiary/aromatic N) is 1. The van der Waals surface area contributed by atoms with Crippen molar-refractivity contribution in [1.29, 1.82) is 0 Å². The molecule has 0 saturated carbocycles. The van der Waals surface area contributed by atoms with Crippen molar-refractivity contribution >= 4 is 45.0 Å². The first-order valence-electron chi connectivity index (χ1n) is 9.04. The van der Waals surface area contributed by atoms with E-state index in [0.717, 1.165) is 10.6 Å². The Morgan fingerprint density at radius 1 is 1.25 bits per heavy atom. The summed E-state index contributed by atoms with van der Waals surface area (Å²) in [5.41, 5.74) is 1.38. The molecule has 0 spiro atoms. The highest BCUT2D eigenvalue weighted by Gasteiger charge is 2.32. The molecule has 150 valence electrons. The number of thioether (sulfide) groups is 1. The van der Waals surface area contributed by atoms with Crippen LogP contribution in [0.1, 0.15) is 18.4 Å². The van der Waals surface area contributed by atoms with Gasteiger partial charge in [-0.2, -0.15) is 0 Å². The number of rotatable bonds is 6. The number of amides is 1. The molecule has 0 aromatic heterocycles. The molecule has 1 aliphatic rings. The zero-order chi connectivity index (χ0) is 20.1. The van der Waals surface area contributed by atoms with Crippen molar-refractivity contribution in [2.45, 2.75) is 23.5 Å². The first kappa shape index (κ1) is 21.2. The van der Waals surface area contributed by atoms with Crippen LogP contribution in [0.5, 0.6) is 0 Å². The van der Waals surface area contributed by atoms with Crippen molar-refractivity contribution in [3.63, 3.8) is 0 Å². The number of nitrogens with one attached hydrogen (secondary N) is 1. The van der Waals surface area contributed by atoms with Crippen LogP contribution in [-0.4, -0.2) is 38.0 Å². The third kappa shape index (κ3) is 5.50. The van der Waals surface area contributed by atoms with Crippen molar-refractivity contribution in [2.24, 2.45) is 5.92 Å². The minimum Gasteiger partial charge on any atom is -0.326 e. The van der Waals surface area contributed by atoms with Crippen molar-refractivity contribution in [1.82, 2.24) is 4.31 Å². The van der Waals surface area contributed by atoms with Gasteiger partial charge < -0.3 is 5.32 Å². The van der Waals surface area contributed by atoms with Gasteiger partial charge in [-0.25, -0.2) is 12.7 Å². The third-order valence-corrected chi connectivity index (χ3v) is 7.50. The van der Waals surface area contributed by atoms with Crippen molar-refractivity contribution < 1.29 is 13.2 Å². The molecule has 2 aromatic rings. The van der Waals surface area contributed by atoms with E-state index in [2.05, 4.69) is 5.32 Å². The van der Waals surface area contributed by atoms with Gasteiger partial charge in [0.05, 0.1) is 11.7 Å². The van der Waals surface area contributed by atoms with Crippen LogP contribution in [0.15, 0.2) is 53.4 Å². The number of carbonyl (C=O) groups is 1. The fourth-order valence-corrected chi connectivity index (χ4v) is 5.55. The summed E-state index contributed by atoms with van der Waals surface area (Å²) in [7, 11) is -3.51. The minimum absolute atomic E-state index is 0.113. The maximum atomic E-state index is 12.8. The largest absolute Gasteiger partial charge is 0.326 e. The summed E-state index contributed by atoms with van der Waals surface area (Å²) >= 11 is 7.56. The summed E-state index contributed by atoms with van der Waals surface area (Å²) in [5.74, 6) is -0.612. The Kier molecular flexibility index (Phi) is 7.04. The smallest absolute Gasteiger partial charge is 0.228 e. The highest BCUT2D eigenvalue weighted by Crippen LogP contribution is 2.25. The molecule has 3 rings (SSSR count). The highest BCUT2D eigenvalue weighted by atomic mass is 35.5. The SMILES string of the molecule is CSc1cccc(NC(=O)[C@H]2CCCN(S(=O)(=O)Cc3cccc(Cl)c3)C2)c1. The van der Waals surface area contributed by atoms with E-state index in [9.17, 15) is 13.2 Å². The Labute approximate surface area is 175 Å². The first-order chi connectivity index (χ1) is 13.4. The van der Waals surface area contributed by atoms with Gasteiger partial charge in [0, 0.05) is 28.7 Å². The number of hydrogen-bond donors (Lipinski definition) is 1. The standard InChI is InChI=1S/C20H23ClN2O3S2/c1-27-19-9-3-8-18(12-19)22-20(24)16-6-4-10-23(13-16)28(25,26)14-15-5-2-7-17(21)11-15/h2-3,5,7-9,11-12,16H,4,6,10,13-14H2,1H3,(H,22,24)/t16-/m0/s1. The summed E-state index contributed by atoms with van der Waals surface area (Å²) in [6.07, 6.45) is 3.32. The fourth-order valence-electron chi connectivity index (χ4n) is 3.28. The van der Waals surface area contributed by atoms with Crippen molar-refractivity contribution in [2.75, 3.05) is 24.7 Å². The van der Waals surface area contributed by atoms with Crippen molar-refractivity contribution in [3.8, 4) is 0 Å². The number of piperidine rings is 1. The lowest BCUT2D eigenvalue weighted by Gasteiger charge is -2.31. The molecule has 28 heavy (non-hydrogen) atoms. The van der Waals surface area contributed by atoms with E-state index >= 15 is 0 Å². The number of carbonyl (C=O) groups excluding carboxylic acids is 1. The monoisotopic (exact) mass is 438 g/mol. The van der Waals surface area contributed by atoms with Crippen LogP contribution >= 0.6 is 23.4 Å². The van der Waals surface area contributed by atoms with Crippen LogP contribution in [0.3, 0.4) is 0 Å². The summed E-state index contributed by atoms with van der Waals surface area (Å²) < 4.78 is 27.1. The summed E-state index contributed by atoms with van der Waals surface area (Å²) in [6.45, 7) is 0.644. The normalized spacial score (nSPS) is 18.0. The number of hydrogen-bond acceptors (Lipinski definition) is 4. The Balaban J connectivity index is 1.66. The van der Waals surface area contributed by atoms with Crippen LogP contribution in [0, 0.1) is 5.92 Å². The lowest BCUT2D eigenvalue weighted by molar-refractivity contribution is -0.120. The highest BCUT2D eigenvalue weighted by molar-refractivity contribution is 7.98. The maximum Gasteiger partial charge on any atom is 0.228 e. The third-order valence-electron chi connectivity index (χ3n) is 4.72. The van der Waals surface area contributed by atoms with E-state index < -0.39 is 10.0 Å². The Bertz CT molecular complexity index is 950. The van der Waals surface area contributed by atoms with Gasteiger partial charge in [-0.05, 0) is 55.0 Å². The fraction of sp³-hybridized carbons (Fsp3) is 0.350. The molecule has 1 atom stereocenters. The predicted octanol–water partition coefficient (Wildman–Crippen LogP) is 4.24. The molecule has 0 aliphatic carbocycles.